The van der Waals surface area contributed by atoms with E-state index in [1.165, 1.54) is 58.1 Å². The predicted molar refractivity (Wildman–Crippen MR) is 323 cm³/mol. The molecular formula is C64H54ClF6N11O2. The SMILES string of the molecule is C(=C\c1cccc2c1OCO2)/c1ccn[nH]1.C(=C\c1ccn[nH]1)/c1ccc2ccccc2c1.CN(C)c1ccc(/C=C/c2ccn[nH]2)cc1.FC(F)(F)c1ccc(/C=C/c2ccn[nH]2)c(Cl)c1.FC(F)(F)c1ccccc1/C=C/c1ccn[nH]1. The number of aromatic nitrogens is 10. The zero-order valence-corrected chi connectivity index (χ0v) is 45.8. The van der Waals surface area contributed by atoms with Crippen molar-refractivity contribution in [2.75, 3.05) is 25.8 Å². The second-order valence-electron chi connectivity index (χ2n) is 18.2. The number of fused-ring (bicyclic) bond motifs is 2. The van der Waals surface area contributed by atoms with Gasteiger partial charge in [-0.05, 0) is 142 Å². The van der Waals surface area contributed by atoms with Crippen LogP contribution in [0.4, 0.5) is 32.0 Å². The quantitative estimate of drug-likeness (QED) is 0.0799. The highest BCUT2D eigenvalue weighted by molar-refractivity contribution is 6.32. The highest BCUT2D eigenvalue weighted by atomic mass is 35.5. The number of hydrogen-bond acceptors (Lipinski definition) is 8. The lowest BCUT2D eigenvalue weighted by molar-refractivity contribution is -0.138. The van der Waals surface area contributed by atoms with Gasteiger partial charge in [-0.15, -0.1) is 0 Å². The second kappa shape index (κ2) is 29.4. The first-order valence-electron chi connectivity index (χ1n) is 25.7. The van der Waals surface area contributed by atoms with Crippen LogP contribution in [0.3, 0.4) is 0 Å². The molecule has 0 atom stereocenters. The van der Waals surface area contributed by atoms with E-state index in [2.05, 4.69) is 135 Å². The summed E-state index contributed by atoms with van der Waals surface area (Å²) in [4.78, 5) is 2.09. The number of alkyl halides is 6. The van der Waals surface area contributed by atoms with Crippen molar-refractivity contribution in [3.05, 3.63) is 261 Å². The Labute approximate surface area is 484 Å². The van der Waals surface area contributed by atoms with E-state index in [1.807, 2.05) is 74.8 Å². The smallest absolute Gasteiger partial charge is 0.416 e. The zero-order chi connectivity index (χ0) is 59.2. The minimum absolute atomic E-state index is 0.0561. The first-order valence-corrected chi connectivity index (χ1v) is 26.1. The molecule has 5 aromatic heterocycles. The lowest BCUT2D eigenvalue weighted by atomic mass is 10.1. The second-order valence-corrected chi connectivity index (χ2v) is 18.6. The number of halogens is 7. The maximum atomic E-state index is 12.7. The molecule has 6 heterocycles. The number of rotatable bonds is 11. The van der Waals surface area contributed by atoms with Crippen LogP contribution < -0.4 is 14.4 Å². The Balaban J connectivity index is 0.000000137. The number of hydrogen-bond donors (Lipinski definition) is 5. The van der Waals surface area contributed by atoms with Gasteiger partial charge >= 0.3 is 12.4 Å². The van der Waals surface area contributed by atoms with Crippen LogP contribution in [0, 0.1) is 0 Å². The van der Waals surface area contributed by atoms with E-state index < -0.39 is 23.5 Å². The molecule has 426 valence electrons. The third-order valence-electron chi connectivity index (χ3n) is 12.1. The van der Waals surface area contributed by atoms with Crippen LogP contribution in [-0.2, 0) is 12.4 Å². The van der Waals surface area contributed by atoms with Crippen LogP contribution in [0.2, 0.25) is 5.02 Å². The Hall–Kier alpha value is -10.4. The van der Waals surface area contributed by atoms with Gasteiger partial charge in [-0.3, -0.25) is 25.5 Å². The molecule has 11 aromatic rings. The van der Waals surface area contributed by atoms with Crippen molar-refractivity contribution in [1.82, 2.24) is 51.0 Å². The Morgan fingerprint density at radius 1 is 0.429 bits per heavy atom. The van der Waals surface area contributed by atoms with Gasteiger partial charge in [0.15, 0.2) is 11.5 Å². The van der Waals surface area contributed by atoms with Crippen molar-refractivity contribution in [3.63, 3.8) is 0 Å². The van der Waals surface area contributed by atoms with E-state index >= 15 is 0 Å². The van der Waals surface area contributed by atoms with Gasteiger partial charge in [0.2, 0.25) is 6.79 Å². The van der Waals surface area contributed by atoms with Gasteiger partial charge in [-0.25, -0.2) is 0 Å². The Kier molecular flexibility index (Phi) is 20.9. The minimum Gasteiger partial charge on any atom is -0.454 e. The van der Waals surface area contributed by atoms with Gasteiger partial charge in [0.25, 0.3) is 0 Å². The molecule has 0 saturated heterocycles. The van der Waals surface area contributed by atoms with E-state index in [4.69, 9.17) is 21.1 Å². The van der Waals surface area contributed by atoms with E-state index in [0.29, 0.717) is 18.1 Å². The molecule has 0 spiro atoms. The number of nitrogens with zero attached hydrogens (tertiary/aromatic N) is 6. The molecule has 0 radical (unpaired) electrons. The molecule has 1 aliphatic heterocycles. The van der Waals surface area contributed by atoms with E-state index in [9.17, 15) is 26.3 Å². The lowest BCUT2D eigenvalue weighted by Gasteiger charge is -2.11. The number of aromatic amines is 5. The maximum absolute atomic E-state index is 12.7. The summed E-state index contributed by atoms with van der Waals surface area (Å²) in [7, 11) is 4.07. The third-order valence-corrected chi connectivity index (χ3v) is 12.4. The van der Waals surface area contributed by atoms with Crippen molar-refractivity contribution >= 4 is 88.8 Å². The fourth-order valence-corrected chi connectivity index (χ4v) is 7.97. The van der Waals surface area contributed by atoms with Crippen LogP contribution in [-0.4, -0.2) is 71.9 Å². The number of H-pyrrole nitrogens is 5. The van der Waals surface area contributed by atoms with E-state index in [-0.39, 0.29) is 10.6 Å². The summed E-state index contributed by atoms with van der Waals surface area (Å²) in [5.74, 6) is 1.60. The molecule has 0 amide bonds. The molecule has 0 saturated carbocycles. The molecule has 6 aromatic carbocycles. The third kappa shape index (κ3) is 18.3. The summed E-state index contributed by atoms with van der Waals surface area (Å²) in [6.07, 6.45) is 18.0. The summed E-state index contributed by atoms with van der Waals surface area (Å²) < 4.78 is 85.9. The van der Waals surface area contributed by atoms with Crippen molar-refractivity contribution in [1.29, 1.82) is 0 Å². The van der Waals surface area contributed by atoms with Crippen molar-refractivity contribution in [2.45, 2.75) is 12.4 Å². The van der Waals surface area contributed by atoms with Crippen molar-refractivity contribution in [2.24, 2.45) is 0 Å². The highest BCUT2D eigenvalue weighted by Crippen LogP contribution is 2.37. The maximum Gasteiger partial charge on any atom is 0.416 e. The van der Waals surface area contributed by atoms with Crippen LogP contribution in [0.25, 0.3) is 71.5 Å². The van der Waals surface area contributed by atoms with Gasteiger partial charge in [0.1, 0.15) is 0 Å². The van der Waals surface area contributed by atoms with Gasteiger partial charge in [-0.1, -0.05) is 121 Å². The molecule has 84 heavy (non-hydrogen) atoms. The fourth-order valence-electron chi connectivity index (χ4n) is 7.73. The van der Waals surface area contributed by atoms with Crippen LogP contribution in [0.5, 0.6) is 11.5 Å². The molecule has 20 heteroatoms. The normalized spacial score (nSPS) is 12.0. The molecule has 1 aliphatic rings. The summed E-state index contributed by atoms with van der Waals surface area (Å²) in [6, 6.07) is 46.9. The summed E-state index contributed by atoms with van der Waals surface area (Å²) in [5.41, 5.74) is 8.21. The number of benzene rings is 6. The van der Waals surface area contributed by atoms with E-state index in [0.717, 1.165) is 58.0 Å². The average molecular weight is 1160 g/mol. The van der Waals surface area contributed by atoms with Gasteiger partial charge < -0.3 is 14.4 Å². The molecule has 0 fully saturated rings. The highest BCUT2D eigenvalue weighted by Gasteiger charge is 2.32. The first kappa shape index (κ1) is 59.7. The zero-order valence-electron chi connectivity index (χ0n) is 45.0. The molecule has 0 bridgehead atoms. The molecule has 0 aliphatic carbocycles. The van der Waals surface area contributed by atoms with E-state index in [1.54, 1.807) is 61.2 Å². The van der Waals surface area contributed by atoms with Gasteiger partial charge in [0.05, 0.1) is 39.6 Å². The topological polar surface area (TPSA) is 165 Å². The van der Waals surface area contributed by atoms with Gasteiger partial charge in [-0.2, -0.15) is 51.8 Å². The minimum atomic E-state index is -4.38. The number of nitrogens with one attached hydrogen (secondary N) is 5. The van der Waals surface area contributed by atoms with Crippen LogP contribution in [0.15, 0.2) is 189 Å². The van der Waals surface area contributed by atoms with Crippen molar-refractivity contribution < 1.29 is 35.8 Å². The van der Waals surface area contributed by atoms with Crippen molar-refractivity contribution in [3.8, 4) is 11.5 Å². The summed E-state index contributed by atoms with van der Waals surface area (Å²) in [6.45, 7) is 0.296. The Morgan fingerprint density at radius 3 is 1.42 bits per heavy atom. The molecule has 12 rings (SSSR count). The Bertz CT molecular complexity index is 3890. The molecule has 0 unspecified atom stereocenters. The first-order chi connectivity index (χ1) is 40.6. The standard InChI is InChI=1S/C15H12N2.C13H15N3.C12H8ClF3N2.C12H9F3N2.C12H10N2O2/c1-2-4-14-11-12(5-7-13(14)3-1)6-8-15-9-10-16-17-15;1-16(2)13-7-4-11(5-8-13)3-6-12-9-10-14-15-12;13-11-7-9(12(14,15)16)3-1-8(11)2-4-10-5-6-17-18-10;13-12(14,15)11-4-2-1-3-9(11)5-6-10-7-8-16-17-10;1-2-9(4-5-10-6-7-13-14-10)12-11(3-1)15-8-16-12/h1-11H,(H,16,17);3-10H,1-2H3,(H,14,15);1-7H,(H,17,18);1-8H,(H,16,17);1-7H,8H2,(H,13,14)/b8-6+;6-3+;4-2+;6-5+;5-4+. The fraction of sp³-hybridized carbons (Fsp3) is 0.0781. The lowest BCUT2D eigenvalue weighted by Crippen LogP contribution is -2.07. The Morgan fingerprint density at radius 2 is 0.905 bits per heavy atom. The average Bonchev–Trinajstić information content (AvgIpc) is 4.51. The molecular weight excluding hydrogens is 1100 g/mol. The molecule has 13 nitrogen and oxygen atoms in total. The van der Waals surface area contributed by atoms with Crippen LogP contribution >= 0.6 is 11.6 Å². The predicted octanol–water partition coefficient (Wildman–Crippen LogP) is 16.5. The monoisotopic (exact) mass is 1160 g/mol. The molecule has 5 N–H and O–H groups in total. The number of para-hydroxylation sites is 1. The van der Waals surface area contributed by atoms with Crippen LogP contribution in [0.1, 0.15) is 67.4 Å². The largest absolute Gasteiger partial charge is 0.454 e. The number of anilines is 1. The van der Waals surface area contributed by atoms with Gasteiger partial charge in [0, 0.05) is 61.4 Å². The number of ether oxygens (including phenoxy) is 2. The summed E-state index contributed by atoms with van der Waals surface area (Å²) in [5, 5.41) is 35.7. The summed E-state index contributed by atoms with van der Waals surface area (Å²) >= 11 is 5.80.